The summed E-state index contributed by atoms with van der Waals surface area (Å²) in [6.45, 7) is 0.817. The van der Waals surface area contributed by atoms with Crippen molar-refractivity contribution in [3.05, 3.63) is 64.7 Å². The average Bonchev–Trinajstić information content (AvgIpc) is 2.44. The monoisotopic (exact) mass is 289 g/mol. The first-order valence-electron chi connectivity index (χ1n) is 6.47. The lowest BCUT2D eigenvalue weighted by Gasteiger charge is -2.08. The fraction of sp³-hybridized carbons (Fsp3) is 0.188. The highest BCUT2D eigenvalue weighted by molar-refractivity contribution is 6.33. The Labute approximate surface area is 123 Å². The molecule has 0 aliphatic carbocycles. The summed E-state index contributed by atoms with van der Waals surface area (Å²) in [5.74, 6) is -1.01. The van der Waals surface area contributed by atoms with Gasteiger partial charge in [-0.25, -0.2) is 4.79 Å². The number of rotatable bonds is 6. The molecule has 0 aromatic heterocycles. The van der Waals surface area contributed by atoms with Crippen molar-refractivity contribution in [2.24, 2.45) is 0 Å². The minimum absolute atomic E-state index is 0.126. The fourth-order valence-electron chi connectivity index (χ4n) is 1.97. The highest BCUT2D eigenvalue weighted by Gasteiger charge is 2.08. The third kappa shape index (κ3) is 4.00. The van der Waals surface area contributed by atoms with Crippen LogP contribution in [0, 0.1) is 0 Å². The van der Waals surface area contributed by atoms with Crippen molar-refractivity contribution >= 4 is 23.3 Å². The van der Waals surface area contributed by atoms with E-state index in [4.69, 9.17) is 16.7 Å². The third-order valence-electron chi connectivity index (χ3n) is 3.01. The van der Waals surface area contributed by atoms with E-state index in [2.05, 4.69) is 17.4 Å². The molecule has 2 aromatic carbocycles. The third-order valence-corrected chi connectivity index (χ3v) is 3.33. The highest BCUT2D eigenvalue weighted by Crippen LogP contribution is 2.21. The number of aromatic carboxylic acids is 1. The molecule has 0 aliphatic rings. The molecule has 0 saturated carbocycles. The van der Waals surface area contributed by atoms with Crippen LogP contribution in [0.2, 0.25) is 5.02 Å². The van der Waals surface area contributed by atoms with E-state index in [0.717, 1.165) is 25.1 Å². The summed E-state index contributed by atoms with van der Waals surface area (Å²) >= 11 is 5.91. The van der Waals surface area contributed by atoms with Gasteiger partial charge in [-0.05, 0) is 36.6 Å². The predicted octanol–water partition coefficient (Wildman–Crippen LogP) is 4.08. The number of anilines is 1. The summed E-state index contributed by atoms with van der Waals surface area (Å²) in [5.41, 5.74) is 2.28. The molecule has 0 spiro atoms. The fourth-order valence-corrected chi connectivity index (χ4v) is 2.23. The molecule has 20 heavy (non-hydrogen) atoms. The van der Waals surface area contributed by atoms with Crippen molar-refractivity contribution in [1.82, 2.24) is 0 Å². The van der Waals surface area contributed by atoms with Crippen LogP contribution >= 0.6 is 11.6 Å². The molecule has 2 aromatic rings. The Kier molecular flexibility index (Phi) is 5.02. The molecular weight excluding hydrogens is 274 g/mol. The van der Waals surface area contributed by atoms with E-state index in [1.165, 1.54) is 11.6 Å². The van der Waals surface area contributed by atoms with Crippen LogP contribution in [0.25, 0.3) is 0 Å². The second-order valence-corrected chi connectivity index (χ2v) is 4.92. The summed E-state index contributed by atoms with van der Waals surface area (Å²) in [6.07, 6.45) is 2.01. The van der Waals surface area contributed by atoms with Crippen LogP contribution in [0.4, 0.5) is 5.69 Å². The van der Waals surface area contributed by atoms with Crippen LogP contribution in [-0.2, 0) is 6.42 Å². The van der Waals surface area contributed by atoms with Crippen molar-refractivity contribution < 1.29 is 9.90 Å². The van der Waals surface area contributed by atoms with Gasteiger partial charge in [0, 0.05) is 12.2 Å². The molecular formula is C16H16ClNO2. The molecule has 0 amide bonds. The van der Waals surface area contributed by atoms with Crippen LogP contribution < -0.4 is 5.32 Å². The molecule has 0 radical (unpaired) electrons. The highest BCUT2D eigenvalue weighted by atomic mass is 35.5. The Morgan fingerprint density at radius 1 is 1.15 bits per heavy atom. The summed E-state index contributed by atoms with van der Waals surface area (Å²) in [7, 11) is 0. The maximum absolute atomic E-state index is 10.8. The lowest BCUT2D eigenvalue weighted by Crippen LogP contribution is -2.04. The van der Waals surface area contributed by atoms with Gasteiger partial charge >= 0.3 is 5.97 Å². The largest absolute Gasteiger partial charge is 0.478 e. The van der Waals surface area contributed by atoms with Crippen LogP contribution in [-0.4, -0.2) is 17.6 Å². The molecule has 0 unspecified atom stereocenters. The number of hydrogen-bond donors (Lipinski definition) is 2. The Bertz CT molecular complexity index is 584. The van der Waals surface area contributed by atoms with Gasteiger partial charge in [-0.1, -0.05) is 41.9 Å². The SMILES string of the molecule is O=C(O)c1ccc(NCCCc2ccccc2)cc1Cl. The van der Waals surface area contributed by atoms with Crippen molar-refractivity contribution in [3.8, 4) is 0 Å². The summed E-state index contributed by atoms with van der Waals surface area (Å²) in [4.78, 5) is 10.8. The summed E-state index contributed by atoms with van der Waals surface area (Å²) in [6, 6.07) is 15.2. The van der Waals surface area contributed by atoms with E-state index >= 15 is 0 Å². The second-order valence-electron chi connectivity index (χ2n) is 4.52. The molecule has 0 aliphatic heterocycles. The molecule has 0 atom stereocenters. The molecule has 104 valence electrons. The standard InChI is InChI=1S/C16H16ClNO2/c17-15-11-13(8-9-14(15)16(19)20)18-10-4-7-12-5-2-1-3-6-12/h1-3,5-6,8-9,11,18H,4,7,10H2,(H,19,20). The maximum atomic E-state index is 10.8. The van der Waals surface area contributed by atoms with Crippen molar-refractivity contribution in [3.63, 3.8) is 0 Å². The van der Waals surface area contributed by atoms with Crippen LogP contribution in [0.1, 0.15) is 22.3 Å². The maximum Gasteiger partial charge on any atom is 0.337 e. The quantitative estimate of drug-likeness (QED) is 0.788. The predicted molar refractivity (Wildman–Crippen MR) is 81.7 cm³/mol. The number of nitrogens with one attached hydrogen (secondary N) is 1. The van der Waals surface area contributed by atoms with E-state index in [9.17, 15) is 4.79 Å². The number of carboxylic acids is 1. The van der Waals surface area contributed by atoms with Crippen molar-refractivity contribution in [1.29, 1.82) is 0 Å². The van der Waals surface area contributed by atoms with Gasteiger partial charge in [0.15, 0.2) is 0 Å². The van der Waals surface area contributed by atoms with Gasteiger partial charge in [-0.2, -0.15) is 0 Å². The molecule has 2 N–H and O–H groups in total. The summed E-state index contributed by atoms with van der Waals surface area (Å²) in [5, 5.41) is 12.4. The number of halogens is 1. The van der Waals surface area contributed by atoms with Gasteiger partial charge in [-0.15, -0.1) is 0 Å². The van der Waals surface area contributed by atoms with Gasteiger partial charge in [-0.3, -0.25) is 0 Å². The molecule has 0 fully saturated rings. The van der Waals surface area contributed by atoms with E-state index in [1.807, 2.05) is 18.2 Å². The summed E-state index contributed by atoms with van der Waals surface area (Å²) < 4.78 is 0. The van der Waals surface area contributed by atoms with Gasteiger partial charge in [0.1, 0.15) is 0 Å². The van der Waals surface area contributed by atoms with Crippen LogP contribution in [0.5, 0.6) is 0 Å². The molecule has 0 saturated heterocycles. The first-order chi connectivity index (χ1) is 9.66. The van der Waals surface area contributed by atoms with E-state index in [1.54, 1.807) is 12.1 Å². The molecule has 2 rings (SSSR count). The zero-order valence-electron chi connectivity index (χ0n) is 11.0. The molecule has 0 bridgehead atoms. The first-order valence-corrected chi connectivity index (χ1v) is 6.85. The minimum atomic E-state index is -1.01. The van der Waals surface area contributed by atoms with Gasteiger partial charge in [0.05, 0.1) is 10.6 Å². The Balaban J connectivity index is 1.83. The molecule has 0 heterocycles. The van der Waals surface area contributed by atoms with Crippen LogP contribution in [0.15, 0.2) is 48.5 Å². The van der Waals surface area contributed by atoms with Gasteiger partial charge < -0.3 is 10.4 Å². The van der Waals surface area contributed by atoms with E-state index in [0.29, 0.717) is 0 Å². The molecule has 3 nitrogen and oxygen atoms in total. The second kappa shape index (κ2) is 6.96. The Morgan fingerprint density at radius 2 is 1.90 bits per heavy atom. The number of carbonyl (C=O) groups is 1. The lowest BCUT2D eigenvalue weighted by molar-refractivity contribution is 0.0697. The van der Waals surface area contributed by atoms with E-state index in [-0.39, 0.29) is 10.6 Å². The number of aryl methyl sites for hydroxylation is 1. The van der Waals surface area contributed by atoms with Crippen molar-refractivity contribution in [2.45, 2.75) is 12.8 Å². The normalized spacial score (nSPS) is 10.2. The van der Waals surface area contributed by atoms with Crippen molar-refractivity contribution in [2.75, 3.05) is 11.9 Å². The van der Waals surface area contributed by atoms with E-state index < -0.39 is 5.97 Å². The zero-order valence-corrected chi connectivity index (χ0v) is 11.7. The average molecular weight is 290 g/mol. The minimum Gasteiger partial charge on any atom is -0.478 e. The van der Waals surface area contributed by atoms with Gasteiger partial charge in [0.2, 0.25) is 0 Å². The Morgan fingerprint density at radius 3 is 2.55 bits per heavy atom. The number of benzene rings is 2. The first kappa shape index (κ1) is 14.4. The smallest absolute Gasteiger partial charge is 0.337 e. The zero-order chi connectivity index (χ0) is 14.4. The number of hydrogen-bond acceptors (Lipinski definition) is 2. The Hall–Kier alpha value is -2.00. The van der Waals surface area contributed by atoms with Gasteiger partial charge in [0.25, 0.3) is 0 Å². The topological polar surface area (TPSA) is 49.3 Å². The lowest BCUT2D eigenvalue weighted by atomic mass is 10.1. The number of carboxylic acid groups (broad SMARTS) is 1. The van der Waals surface area contributed by atoms with Crippen LogP contribution in [0.3, 0.4) is 0 Å². The molecule has 4 heteroatoms.